The van der Waals surface area contributed by atoms with Crippen LogP contribution in [-0.2, 0) is 15.3 Å². The van der Waals surface area contributed by atoms with E-state index in [4.69, 9.17) is 9.63 Å². The van der Waals surface area contributed by atoms with Crippen LogP contribution < -0.4 is 5.32 Å². The molecular weight excluding hydrogens is 291 g/mol. The highest BCUT2D eigenvalue weighted by atomic mass is 31.2. The summed E-state index contributed by atoms with van der Waals surface area (Å²) in [5, 5.41) is 10.4. The van der Waals surface area contributed by atoms with Crippen molar-refractivity contribution in [1.82, 2.24) is 10.3 Å². The Bertz CT molecular complexity index is 578. The van der Waals surface area contributed by atoms with Gasteiger partial charge in [-0.15, -0.1) is 6.58 Å². The van der Waals surface area contributed by atoms with E-state index >= 15 is 0 Å². The van der Waals surface area contributed by atoms with E-state index in [-0.39, 0.29) is 18.7 Å². The predicted octanol–water partition coefficient (Wildman–Crippen LogP) is 3.07. The fraction of sp³-hybridized carbons (Fsp3) is 0.429. The zero-order valence-corrected chi connectivity index (χ0v) is 12.8. The van der Waals surface area contributed by atoms with Crippen LogP contribution in [0.4, 0.5) is 4.79 Å². The molecule has 2 rings (SSSR count). The maximum atomic E-state index is 13.3. The van der Waals surface area contributed by atoms with Crippen molar-refractivity contribution >= 4 is 13.5 Å². The third kappa shape index (κ3) is 3.01. The molecule has 1 heterocycles. The summed E-state index contributed by atoms with van der Waals surface area (Å²) in [7, 11) is -3.29. The molecule has 1 amide bonds. The highest BCUT2D eigenvalue weighted by Gasteiger charge is 2.66. The summed E-state index contributed by atoms with van der Waals surface area (Å²) in [6.07, 6.45) is 2.57. The van der Waals surface area contributed by atoms with Gasteiger partial charge in [-0.05, 0) is 25.5 Å². The number of hydrogen-bond donors (Lipinski definition) is 2. The Morgan fingerprint density at radius 1 is 1.71 bits per heavy atom. The van der Waals surface area contributed by atoms with Gasteiger partial charge in [-0.2, -0.15) is 0 Å². The predicted molar refractivity (Wildman–Crippen MR) is 79.4 cm³/mol. The summed E-state index contributed by atoms with van der Waals surface area (Å²) < 4.78 is 18.9. The average molecular weight is 310 g/mol. The molecule has 0 radical (unpaired) electrons. The van der Waals surface area contributed by atoms with Gasteiger partial charge in [0.1, 0.15) is 5.28 Å². The first-order chi connectivity index (χ1) is 9.97. The molecule has 0 unspecified atom stereocenters. The number of carbonyl (C=O) groups is 1. The van der Waals surface area contributed by atoms with E-state index in [1.807, 2.05) is 0 Å². The number of nitrogens with one attached hydrogen (secondary N) is 1. The smallest absolute Gasteiger partial charge is 0.405 e. The van der Waals surface area contributed by atoms with Crippen molar-refractivity contribution in [2.45, 2.75) is 24.8 Å². The minimum absolute atomic E-state index is 0.103. The lowest BCUT2D eigenvalue weighted by Gasteiger charge is -2.28. The van der Waals surface area contributed by atoms with Crippen LogP contribution in [0.5, 0.6) is 0 Å². The second kappa shape index (κ2) is 6.00. The molecule has 7 heteroatoms. The maximum Gasteiger partial charge on any atom is 0.405 e. The normalized spacial score (nSPS) is 26.6. The highest BCUT2D eigenvalue weighted by Crippen LogP contribution is 2.73. The van der Waals surface area contributed by atoms with E-state index in [9.17, 15) is 9.36 Å². The summed E-state index contributed by atoms with van der Waals surface area (Å²) in [5.41, 5.74) is 0.621. The third-order valence-electron chi connectivity index (χ3n) is 3.63. The van der Waals surface area contributed by atoms with Gasteiger partial charge in [0, 0.05) is 12.1 Å². The summed E-state index contributed by atoms with van der Waals surface area (Å²) in [5.74, 6) is -0.185. The van der Waals surface area contributed by atoms with Gasteiger partial charge in [0.25, 0.3) is 0 Å². The molecule has 1 aliphatic carbocycles. The van der Waals surface area contributed by atoms with E-state index in [2.05, 4.69) is 16.9 Å². The fourth-order valence-electron chi connectivity index (χ4n) is 2.58. The van der Waals surface area contributed by atoms with E-state index in [0.29, 0.717) is 12.1 Å². The molecule has 1 aromatic rings. The third-order valence-corrected chi connectivity index (χ3v) is 6.89. The molecule has 1 aromatic heterocycles. The van der Waals surface area contributed by atoms with Crippen molar-refractivity contribution in [3.63, 3.8) is 0 Å². The summed E-state index contributed by atoms with van der Waals surface area (Å²) in [4.78, 5) is 15.2. The Labute approximate surface area is 123 Å². The lowest BCUT2D eigenvalue weighted by atomic mass is 10.4. The standard InChI is InChI=1S/C14H19N2O4P/c1-3-11-9-14(11,16-13(17)18)21(19,20-4-2)10-12-7-5-6-8-15-12/h3,5-8,11,16H,1,4,9-10H2,2H3,(H,17,18)/t11-,14+,21+/m1/s1. The quantitative estimate of drug-likeness (QED) is 0.597. The van der Waals surface area contributed by atoms with Crippen LogP contribution in [0.2, 0.25) is 0 Å². The number of nitrogens with zero attached hydrogens (tertiary/aromatic N) is 1. The number of amides is 1. The Hall–Kier alpha value is -1.65. The number of carboxylic acid groups (broad SMARTS) is 1. The molecule has 0 saturated heterocycles. The molecule has 1 fully saturated rings. The van der Waals surface area contributed by atoms with E-state index in [1.165, 1.54) is 0 Å². The molecule has 3 atom stereocenters. The Morgan fingerprint density at radius 2 is 2.48 bits per heavy atom. The van der Waals surface area contributed by atoms with Gasteiger partial charge in [-0.1, -0.05) is 12.1 Å². The molecular formula is C14H19N2O4P. The lowest BCUT2D eigenvalue weighted by Crippen LogP contribution is -2.38. The number of hydrogen-bond acceptors (Lipinski definition) is 4. The first kappa shape index (κ1) is 15.7. The zero-order valence-electron chi connectivity index (χ0n) is 11.9. The first-order valence-corrected chi connectivity index (χ1v) is 8.55. The molecule has 0 aliphatic heterocycles. The largest absolute Gasteiger partial charge is 0.465 e. The van der Waals surface area contributed by atoms with Gasteiger partial charge in [-0.3, -0.25) is 9.55 Å². The van der Waals surface area contributed by atoms with Gasteiger partial charge < -0.3 is 14.9 Å². The summed E-state index contributed by atoms with van der Waals surface area (Å²) in [6, 6.07) is 5.32. The van der Waals surface area contributed by atoms with Crippen LogP contribution in [0.25, 0.3) is 0 Å². The van der Waals surface area contributed by atoms with Gasteiger partial charge >= 0.3 is 6.09 Å². The van der Waals surface area contributed by atoms with Crippen LogP contribution in [-0.4, -0.2) is 28.1 Å². The van der Waals surface area contributed by atoms with Crippen LogP contribution in [0, 0.1) is 5.92 Å². The van der Waals surface area contributed by atoms with Crippen LogP contribution in [0.3, 0.4) is 0 Å². The lowest BCUT2D eigenvalue weighted by molar-refractivity contribution is 0.189. The molecule has 0 spiro atoms. The van der Waals surface area contributed by atoms with E-state index in [1.54, 1.807) is 37.4 Å². The minimum Gasteiger partial charge on any atom is -0.465 e. The van der Waals surface area contributed by atoms with Crippen molar-refractivity contribution in [2.24, 2.45) is 5.92 Å². The number of aromatic nitrogens is 1. The van der Waals surface area contributed by atoms with Gasteiger partial charge in [0.15, 0.2) is 0 Å². The Balaban J connectivity index is 2.33. The molecule has 1 saturated carbocycles. The highest BCUT2D eigenvalue weighted by molar-refractivity contribution is 7.60. The molecule has 0 aromatic carbocycles. The number of pyridine rings is 1. The van der Waals surface area contributed by atoms with E-state index in [0.717, 1.165) is 0 Å². The minimum atomic E-state index is -3.29. The van der Waals surface area contributed by atoms with Gasteiger partial charge in [-0.25, -0.2) is 4.79 Å². The second-order valence-electron chi connectivity index (χ2n) is 4.97. The Kier molecular flexibility index (Phi) is 4.49. The van der Waals surface area contributed by atoms with E-state index < -0.39 is 18.7 Å². The SMILES string of the molecule is C=C[C@@H]1C[C@]1(NC(=O)O)[P@](=O)(Cc1ccccn1)OCC. The number of rotatable bonds is 7. The van der Waals surface area contributed by atoms with Crippen LogP contribution >= 0.6 is 7.37 Å². The zero-order chi connectivity index (χ0) is 15.5. The second-order valence-corrected chi connectivity index (χ2v) is 7.69. The van der Waals surface area contributed by atoms with Crippen LogP contribution in [0.1, 0.15) is 19.0 Å². The molecule has 1 aliphatic rings. The molecule has 6 nitrogen and oxygen atoms in total. The average Bonchev–Trinajstić information content (AvgIpc) is 3.14. The fourth-order valence-corrected chi connectivity index (χ4v) is 5.56. The summed E-state index contributed by atoms with van der Waals surface area (Å²) >= 11 is 0. The monoisotopic (exact) mass is 310 g/mol. The molecule has 0 bridgehead atoms. The van der Waals surface area contributed by atoms with Crippen LogP contribution in [0.15, 0.2) is 37.1 Å². The van der Waals surface area contributed by atoms with Gasteiger partial charge in [0.05, 0.1) is 18.5 Å². The van der Waals surface area contributed by atoms with Crippen molar-refractivity contribution in [1.29, 1.82) is 0 Å². The van der Waals surface area contributed by atoms with Crippen molar-refractivity contribution in [3.8, 4) is 0 Å². The topological polar surface area (TPSA) is 88.5 Å². The van der Waals surface area contributed by atoms with Crippen molar-refractivity contribution < 1.29 is 19.0 Å². The summed E-state index contributed by atoms with van der Waals surface area (Å²) in [6.45, 7) is 5.67. The van der Waals surface area contributed by atoms with Crippen molar-refractivity contribution in [3.05, 3.63) is 42.7 Å². The molecule has 114 valence electrons. The maximum absolute atomic E-state index is 13.3. The van der Waals surface area contributed by atoms with Crippen molar-refractivity contribution in [2.75, 3.05) is 6.61 Å². The Morgan fingerprint density at radius 3 is 2.95 bits per heavy atom. The molecule has 21 heavy (non-hydrogen) atoms. The van der Waals surface area contributed by atoms with Gasteiger partial charge in [0.2, 0.25) is 7.37 Å². The first-order valence-electron chi connectivity index (χ1n) is 6.74. The molecule has 2 N–H and O–H groups in total.